The summed E-state index contributed by atoms with van der Waals surface area (Å²) in [4.78, 5) is 23.5. The molecule has 0 aromatic heterocycles. The number of rotatable bonds is 5. The van der Waals surface area contributed by atoms with Crippen LogP contribution in [0.5, 0.6) is 17.2 Å². The van der Waals surface area contributed by atoms with E-state index in [0.29, 0.717) is 28.5 Å². The molecule has 0 saturated carbocycles. The van der Waals surface area contributed by atoms with Crippen molar-refractivity contribution in [1.82, 2.24) is 0 Å². The van der Waals surface area contributed by atoms with Crippen molar-refractivity contribution in [3.05, 3.63) is 84.4 Å². The van der Waals surface area contributed by atoms with E-state index in [1.165, 1.54) is 6.92 Å². The lowest BCUT2D eigenvalue weighted by Gasteiger charge is -2.09. The molecule has 0 saturated heterocycles. The molecule has 130 valence electrons. The lowest BCUT2D eigenvalue weighted by atomic mass is 10.2. The monoisotopic (exact) mass is 347 g/mol. The third kappa shape index (κ3) is 4.70. The van der Waals surface area contributed by atoms with Crippen LogP contribution in [0.25, 0.3) is 0 Å². The quantitative estimate of drug-likeness (QED) is 0.539. The first-order valence-electron chi connectivity index (χ1n) is 8.03. The van der Waals surface area contributed by atoms with Crippen molar-refractivity contribution in [1.29, 1.82) is 0 Å². The maximum atomic E-state index is 12.4. The standard InChI is InChI=1S/C21H17NO4/c1-15(23)22-17-8-6-12-20(14-17)26-21(24)16-7-5-11-19(13-16)25-18-9-3-2-4-10-18/h2-14H,1H3,(H,22,23). The van der Waals surface area contributed by atoms with Crippen molar-refractivity contribution < 1.29 is 19.1 Å². The van der Waals surface area contributed by atoms with Gasteiger partial charge in [-0.1, -0.05) is 30.3 Å². The minimum absolute atomic E-state index is 0.195. The van der Waals surface area contributed by atoms with E-state index >= 15 is 0 Å². The van der Waals surface area contributed by atoms with E-state index in [0.717, 1.165) is 0 Å². The highest BCUT2D eigenvalue weighted by Crippen LogP contribution is 2.23. The van der Waals surface area contributed by atoms with E-state index in [-0.39, 0.29) is 5.91 Å². The fourth-order valence-corrected chi connectivity index (χ4v) is 2.32. The number of hydrogen-bond acceptors (Lipinski definition) is 4. The van der Waals surface area contributed by atoms with Gasteiger partial charge in [0.1, 0.15) is 17.2 Å². The SMILES string of the molecule is CC(=O)Nc1cccc(OC(=O)c2cccc(Oc3ccccc3)c2)c1. The molecule has 0 atom stereocenters. The Morgan fingerprint density at radius 2 is 1.46 bits per heavy atom. The molecular formula is C21H17NO4. The minimum Gasteiger partial charge on any atom is -0.457 e. The summed E-state index contributed by atoms with van der Waals surface area (Å²) in [6, 6.07) is 22.7. The van der Waals surface area contributed by atoms with Gasteiger partial charge in [-0.3, -0.25) is 4.79 Å². The molecule has 3 aromatic carbocycles. The summed E-state index contributed by atoms with van der Waals surface area (Å²) in [5.41, 5.74) is 0.923. The first kappa shape index (κ1) is 17.2. The average molecular weight is 347 g/mol. The summed E-state index contributed by atoms with van der Waals surface area (Å²) in [6.07, 6.45) is 0. The molecule has 1 N–H and O–H groups in total. The zero-order valence-electron chi connectivity index (χ0n) is 14.1. The molecule has 5 heteroatoms. The van der Waals surface area contributed by atoms with Crippen LogP contribution in [-0.2, 0) is 4.79 Å². The highest BCUT2D eigenvalue weighted by atomic mass is 16.5. The second-order valence-electron chi connectivity index (χ2n) is 5.54. The molecule has 0 aliphatic heterocycles. The number of para-hydroxylation sites is 1. The number of nitrogens with one attached hydrogen (secondary N) is 1. The summed E-state index contributed by atoms with van der Waals surface area (Å²) in [5.74, 6) is 0.858. The molecule has 0 fully saturated rings. The Labute approximate surface area is 151 Å². The van der Waals surface area contributed by atoms with Crippen LogP contribution in [0, 0.1) is 0 Å². The number of esters is 1. The summed E-state index contributed by atoms with van der Waals surface area (Å²) in [6.45, 7) is 1.41. The Bertz CT molecular complexity index is 922. The number of carbonyl (C=O) groups is 2. The molecule has 26 heavy (non-hydrogen) atoms. The van der Waals surface area contributed by atoms with Crippen LogP contribution in [0.15, 0.2) is 78.9 Å². The molecule has 0 aliphatic carbocycles. The Morgan fingerprint density at radius 3 is 2.23 bits per heavy atom. The van der Waals surface area contributed by atoms with Gasteiger partial charge in [-0.15, -0.1) is 0 Å². The fourth-order valence-electron chi connectivity index (χ4n) is 2.32. The Hall–Kier alpha value is -3.60. The predicted octanol–water partition coefficient (Wildman–Crippen LogP) is 4.66. The van der Waals surface area contributed by atoms with E-state index in [1.807, 2.05) is 30.3 Å². The lowest BCUT2D eigenvalue weighted by Crippen LogP contribution is -2.09. The van der Waals surface area contributed by atoms with Gasteiger partial charge in [-0.25, -0.2) is 4.79 Å². The molecule has 0 bridgehead atoms. The molecule has 0 spiro atoms. The van der Waals surface area contributed by atoms with Gasteiger partial charge in [0.15, 0.2) is 0 Å². The summed E-state index contributed by atoms with van der Waals surface area (Å²) < 4.78 is 11.1. The molecule has 5 nitrogen and oxygen atoms in total. The zero-order chi connectivity index (χ0) is 18.4. The Morgan fingerprint density at radius 1 is 0.769 bits per heavy atom. The normalized spacial score (nSPS) is 10.0. The smallest absolute Gasteiger partial charge is 0.343 e. The highest BCUT2D eigenvalue weighted by molar-refractivity contribution is 5.92. The van der Waals surface area contributed by atoms with Crippen LogP contribution >= 0.6 is 0 Å². The van der Waals surface area contributed by atoms with Gasteiger partial charge >= 0.3 is 5.97 Å². The van der Waals surface area contributed by atoms with E-state index in [1.54, 1.807) is 48.5 Å². The summed E-state index contributed by atoms with van der Waals surface area (Å²) in [5, 5.41) is 2.64. The van der Waals surface area contributed by atoms with E-state index in [4.69, 9.17) is 9.47 Å². The van der Waals surface area contributed by atoms with Crippen molar-refractivity contribution in [2.45, 2.75) is 6.92 Å². The minimum atomic E-state index is -0.511. The third-order valence-corrected chi connectivity index (χ3v) is 3.41. The summed E-state index contributed by atoms with van der Waals surface area (Å²) >= 11 is 0. The van der Waals surface area contributed by atoms with Crippen molar-refractivity contribution in [3.63, 3.8) is 0 Å². The number of amides is 1. The molecule has 3 aromatic rings. The van der Waals surface area contributed by atoms with Gasteiger partial charge in [-0.05, 0) is 42.5 Å². The van der Waals surface area contributed by atoms with Gasteiger partial charge in [0.05, 0.1) is 5.56 Å². The molecule has 0 unspecified atom stereocenters. The first-order valence-corrected chi connectivity index (χ1v) is 8.03. The molecule has 0 heterocycles. The average Bonchev–Trinajstić information content (AvgIpc) is 2.62. The number of carbonyl (C=O) groups excluding carboxylic acids is 2. The van der Waals surface area contributed by atoms with Crippen LogP contribution in [0.4, 0.5) is 5.69 Å². The predicted molar refractivity (Wildman–Crippen MR) is 98.7 cm³/mol. The molecular weight excluding hydrogens is 330 g/mol. The Balaban J connectivity index is 1.72. The van der Waals surface area contributed by atoms with Gasteiger partial charge in [0, 0.05) is 18.7 Å². The van der Waals surface area contributed by atoms with Crippen molar-refractivity contribution in [3.8, 4) is 17.2 Å². The topological polar surface area (TPSA) is 64.6 Å². The maximum Gasteiger partial charge on any atom is 0.343 e. The number of hydrogen-bond donors (Lipinski definition) is 1. The van der Waals surface area contributed by atoms with Crippen LogP contribution < -0.4 is 14.8 Å². The summed E-state index contributed by atoms with van der Waals surface area (Å²) in [7, 11) is 0. The molecule has 0 aliphatic rings. The lowest BCUT2D eigenvalue weighted by molar-refractivity contribution is -0.114. The van der Waals surface area contributed by atoms with Gasteiger partial charge in [0.2, 0.25) is 5.91 Å². The number of ether oxygens (including phenoxy) is 2. The van der Waals surface area contributed by atoms with Crippen LogP contribution in [-0.4, -0.2) is 11.9 Å². The van der Waals surface area contributed by atoms with Gasteiger partial charge in [0.25, 0.3) is 0 Å². The molecule has 0 radical (unpaired) electrons. The molecule has 1 amide bonds. The van der Waals surface area contributed by atoms with Crippen molar-refractivity contribution >= 4 is 17.6 Å². The number of benzene rings is 3. The molecule has 3 rings (SSSR count). The highest BCUT2D eigenvalue weighted by Gasteiger charge is 2.11. The van der Waals surface area contributed by atoms with Crippen LogP contribution in [0.3, 0.4) is 0 Å². The first-order chi connectivity index (χ1) is 12.6. The zero-order valence-corrected chi connectivity index (χ0v) is 14.1. The Kier molecular flexibility index (Phi) is 5.29. The van der Waals surface area contributed by atoms with E-state index in [9.17, 15) is 9.59 Å². The maximum absolute atomic E-state index is 12.4. The largest absolute Gasteiger partial charge is 0.457 e. The van der Waals surface area contributed by atoms with E-state index in [2.05, 4.69) is 5.32 Å². The van der Waals surface area contributed by atoms with Gasteiger partial charge < -0.3 is 14.8 Å². The van der Waals surface area contributed by atoms with Crippen molar-refractivity contribution in [2.75, 3.05) is 5.32 Å². The third-order valence-electron chi connectivity index (χ3n) is 3.41. The van der Waals surface area contributed by atoms with Crippen molar-refractivity contribution in [2.24, 2.45) is 0 Å². The van der Waals surface area contributed by atoms with Crippen LogP contribution in [0.1, 0.15) is 17.3 Å². The van der Waals surface area contributed by atoms with E-state index < -0.39 is 5.97 Å². The fraction of sp³-hybridized carbons (Fsp3) is 0.0476. The number of anilines is 1. The second-order valence-corrected chi connectivity index (χ2v) is 5.54. The van der Waals surface area contributed by atoms with Gasteiger partial charge in [-0.2, -0.15) is 0 Å². The second kappa shape index (κ2) is 7.98. The van der Waals surface area contributed by atoms with Crippen LogP contribution in [0.2, 0.25) is 0 Å².